The van der Waals surface area contributed by atoms with Gasteiger partial charge in [-0.15, -0.1) is 0 Å². The number of amidine groups is 1. The molecule has 0 atom stereocenters. The number of amides is 1. The van der Waals surface area contributed by atoms with Gasteiger partial charge in [0.1, 0.15) is 5.75 Å². The van der Waals surface area contributed by atoms with Crippen LogP contribution in [-0.2, 0) is 4.79 Å². The maximum Gasteiger partial charge on any atom is 0.335 e. The molecule has 3 rings (SSSR count). The summed E-state index contributed by atoms with van der Waals surface area (Å²) in [7, 11) is 0. The third kappa shape index (κ3) is 5.30. The topological polar surface area (TPSA) is 79.2 Å². The maximum atomic E-state index is 12.8. The lowest BCUT2D eigenvalue weighted by Gasteiger charge is -2.12. The molecule has 0 unspecified atom stereocenters. The second-order valence-corrected chi connectivity index (χ2v) is 8.20. The van der Waals surface area contributed by atoms with Crippen molar-refractivity contribution in [3.05, 3.63) is 64.6 Å². The van der Waals surface area contributed by atoms with Gasteiger partial charge in [-0.1, -0.05) is 32.0 Å². The molecule has 0 radical (unpaired) electrons. The summed E-state index contributed by atoms with van der Waals surface area (Å²) >= 11 is 1.28. The van der Waals surface area contributed by atoms with Gasteiger partial charge in [0, 0.05) is 6.54 Å². The number of carboxylic acids is 1. The van der Waals surface area contributed by atoms with E-state index in [0.717, 1.165) is 11.3 Å². The number of thioether (sulfide) groups is 1. The molecule has 0 spiro atoms. The lowest BCUT2D eigenvalue weighted by Crippen LogP contribution is -2.28. The number of ether oxygens (including phenoxy) is 1. The molecule has 0 saturated carbocycles. The Balaban J connectivity index is 1.86. The van der Waals surface area contributed by atoms with Gasteiger partial charge in [0.2, 0.25) is 0 Å². The fourth-order valence-corrected chi connectivity index (χ4v) is 3.86. The van der Waals surface area contributed by atoms with Crippen molar-refractivity contribution in [1.29, 1.82) is 0 Å². The molecule has 1 saturated heterocycles. The summed E-state index contributed by atoms with van der Waals surface area (Å²) in [6.07, 6.45) is 1.83. The van der Waals surface area contributed by atoms with Gasteiger partial charge in [0.25, 0.3) is 5.91 Å². The molecule has 7 heteroatoms. The Hall–Kier alpha value is -3.06. The van der Waals surface area contributed by atoms with Crippen LogP contribution in [-0.4, -0.2) is 40.2 Å². The second-order valence-electron chi connectivity index (χ2n) is 7.19. The van der Waals surface area contributed by atoms with Gasteiger partial charge in [-0.3, -0.25) is 9.69 Å². The smallest absolute Gasteiger partial charge is 0.335 e. The van der Waals surface area contributed by atoms with Crippen LogP contribution in [0.25, 0.3) is 6.08 Å². The average Bonchev–Trinajstić information content (AvgIpc) is 3.01. The molecule has 1 heterocycles. The van der Waals surface area contributed by atoms with E-state index in [4.69, 9.17) is 9.84 Å². The number of hydrogen-bond acceptors (Lipinski definition) is 5. The predicted octanol–water partition coefficient (Wildman–Crippen LogP) is 5.04. The molecule has 1 fully saturated rings. The first-order valence-corrected chi connectivity index (χ1v) is 10.6. The van der Waals surface area contributed by atoms with Gasteiger partial charge in [-0.2, -0.15) is 0 Å². The Morgan fingerprint density at radius 2 is 2.00 bits per heavy atom. The molecule has 1 amide bonds. The lowest BCUT2D eigenvalue weighted by atomic mass is 10.2. The fourth-order valence-electron chi connectivity index (χ4n) is 2.80. The molecule has 1 N–H and O–H groups in total. The second kappa shape index (κ2) is 9.63. The van der Waals surface area contributed by atoms with Crippen molar-refractivity contribution in [1.82, 2.24) is 4.90 Å². The van der Waals surface area contributed by atoms with Crippen LogP contribution in [0.3, 0.4) is 0 Å². The highest BCUT2D eigenvalue weighted by Gasteiger charge is 2.32. The molecular weight excluding hydrogens is 400 g/mol. The number of rotatable bonds is 7. The van der Waals surface area contributed by atoms with Crippen molar-refractivity contribution in [3.8, 4) is 5.75 Å². The Kier molecular flexibility index (Phi) is 6.95. The molecule has 156 valence electrons. The monoisotopic (exact) mass is 424 g/mol. The zero-order valence-corrected chi connectivity index (χ0v) is 18.0. The highest BCUT2D eigenvalue weighted by Crippen LogP contribution is 2.34. The van der Waals surface area contributed by atoms with Crippen LogP contribution in [0.2, 0.25) is 0 Å². The number of benzene rings is 2. The number of aromatic carboxylic acids is 1. The minimum absolute atomic E-state index is 0.121. The molecule has 2 aromatic carbocycles. The van der Waals surface area contributed by atoms with Crippen molar-refractivity contribution >= 4 is 40.6 Å². The first kappa shape index (κ1) is 21.6. The zero-order chi connectivity index (χ0) is 21.7. The predicted molar refractivity (Wildman–Crippen MR) is 120 cm³/mol. The van der Waals surface area contributed by atoms with Crippen LogP contribution in [0.1, 0.15) is 36.7 Å². The van der Waals surface area contributed by atoms with E-state index in [1.165, 1.54) is 23.9 Å². The van der Waals surface area contributed by atoms with Gasteiger partial charge in [0.05, 0.1) is 22.8 Å². The quantitative estimate of drug-likeness (QED) is 0.630. The summed E-state index contributed by atoms with van der Waals surface area (Å²) < 4.78 is 5.77. The van der Waals surface area contributed by atoms with Crippen LogP contribution < -0.4 is 4.74 Å². The molecule has 1 aliphatic heterocycles. The van der Waals surface area contributed by atoms with Crippen LogP contribution in [0.4, 0.5) is 5.69 Å². The van der Waals surface area contributed by atoms with Crippen molar-refractivity contribution in [3.63, 3.8) is 0 Å². The van der Waals surface area contributed by atoms with E-state index in [0.29, 0.717) is 34.8 Å². The largest absolute Gasteiger partial charge is 0.493 e. The van der Waals surface area contributed by atoms with Crippen molar-refractivity contribution < 1.29 is 19.4 Å². The molecule has 2 aromatic rings. The van der Waals surface area contributed by atoms with E-state index in [1.54, 1.807) is 17.0 Å². The Morgan fingerprint density at radius 3 is 2.70 bits per heavy atom. The van der Waals surface area contributed by atoms with Crippen LogP contribution in [0.5, 0.6) is 5.75 Å². The SMILES string of the molecule is CCN1C(=O)/C(=C\c2cccc(OCC(C)C)c2)SC1=Nc1cccc(C(=O)O)c1. The first-order chi connectivity index (χ1) is 14.4. The zero-order valence-electron chi connectivity index (χ0n) is 17.2. The van der Waals surface area contributed by atoms with Gasteiger partial charge in [0.15, 0.2) is 5.17 Å². The number of nitrogens with zero attached hydrogens (tertiary/aromatic N) is 2. The van der Waals surface area contributed by atoms with Gasteiger partial charge >= 0.3 is 5.97 Å². The number of carbonyl (C=O) groups is 2. The van der Waals surface area contributed by atoms with E-state index in [9.17, 15) is 9.59 Å². The standard InChI is InChI=1S/C23H24N2O4S/c1-4-25-21(26)20(12-16-7-5-10-19(11-16)29-14-15(2)3)30-23(25)24-18-9-6-8-17(13-18)22(27)28/h5-13,15H,4,14H2,1-3H3,(H,27,28)/b20-12+,24-23?. The molecule has 0 bridgehead atoms. The van der Waals surface area contributed by atoms with Crippen LogP contribution in [0, 0.1) is 5.92 Å². The number of likely N-dealkylation sites (N-methyl/N-ethyl adjacent to an activating group) is 1. The summed E-state index contributed by atoms with van der Waals surface area (Å²) in [5.74, 6) is 0.0551. The normalized spacial score (nSPS) is 16.7. The summed E-state index contributed by atoms with van der Waals surface area (Å²) in [6.45, 7) is 7.16. The maximum absolute atomic E-state index is 12.8. The van der Waals surface area contributed by atoms with E-state index in [2.05, 4.69) is 18.8 Å². The van der Waals surface area contributed by atoms with Crippen LogP contribution in [0.15, 0.2) is 58.4 Å². The molecule has 30 heavy (non-hydrogen) atoms. The molecule has 0 aromatic heterocycles. The average molecular weight is 425 g/mol. The Bertz CT molecular complexity index is 1010. The summed E-state index contributed by atoms with van der Waals surface area (Å²) in [4.78, 5) is 30.7. The highest BCUT2D eigenvalue weighted by molar-refractivity contribution is 8.18. The van der Waals surface area contributed by atoms with E-state index < -0.39 is 5.97 Å². The summed E-state index contributed by atoms with van der Waals surface area (Å²) in [6, 6.07) is 14.0. The summed E-state index contributed by atoms with van der Waals surface area (Å²) in [5.41, 5.74) is 1.52. The minimum Gasteiger partial charge on any atom is -0.493 e. The van der Waals surface area contributed by atoms with Gasteiger partial charge < -0.3 is 9.84 Å². The number of hydrogen-bond donors (Lipinski definition) is 1. The number of carboxylic acid groups (broad SMARTS) is 1. The van der Waals surface area contributed by atoms with Crippen LogP contribution >= 0.6 is 11.8 Å². The molecular formula is C23H24N2O4S. The minimum atomic E-state index is -1.01. The third-order valence-corrected chi connectivity index (χ3v) is 5.27. The molecule has 1 aliphatic rings. The molecule has 0 aliphatic carbocycles. The van der Waals surface area contributed by atoms with E-state index >= 15 is 0 Å². The fraction of sp³-hybridized carbons (Fsp3) is 0.261. The van der Waals surface area contributed by atoms with E-state index in [-0.39, 0.29) is 11.5 Å². The summed E-state index contributed by atoms with van der Waals surface area (Å²) in [5, 5.41) is 9.70. The van der Waals surface area contributed by atoms with Gasteiger partial charge in [-0.05, 0) is 66.6 Å². The Labute approximate surface area is 180 Å². The highest BCUT2D eigenvalue weighted by atomic mass is 32.2. The lowest BCUT2D eigenvalue weighted by molar-refractivity contribution is -0.122. The van der Waals surface area contributed by atoms with Gasteiger partial charge in [-0.25, -0.2) is 9.79 Å². The number of aliphatic imine (C=N–C) groups is 1. The third-order valence-electron chi connectivity index (χ3n) is 4.26. The first-order valence-electron chi connectivity index (χ1n) is 9.73. The van der Waals surface area contributed by atoms with Crippen molar-refractivity contribution in [2.24, 2.45) is 10.9 Å². The van der Waals surface area contributed by atoms with E-state index in [1.807, 2.05) is 37.3 Å². The molecule has 6 nitrogen and oxygen atoms in total. The Morgan fingerprint density at radius 1 is 1.23 bits per heavy atom. The van der Waals surface area contributed by atoms with Crippen molar-refractivity contribution in [2.75, 3.05) is 13.2 Å². The number of carbonyl (C=O) groups excluding carboxylic acids is 1. The van der Waals surface area contributed by atoms with Crippen molar-refractivity contribution in [2.45, 2.75) is 20.8 Å².